The first-order chi connectivity index (χ1) is 9.47. The van der Waals surface area contributed by atoms with Crippen LogP contribution in [0, 0.1) is 0 Å². The molecule has 0 spiro atoms. The van der Waals surface area contributed by atoms with Crippen molar-refractivity contribution in [3.8, 4) is 0 Å². The Morgan fingerprint density at radius 2 is 1.85 bits per heavy atom. The third-order valence-electron chi connectivity index (χ3n) is 2.54. The maximum absolute atomic E-state index is 11.6. The average molecular weight is 312 g/mol. The zero-order valence-electron chi connectivity index (χ0n) is 12.6. The van der Waals surface area contributed by atoms with Gasteiger partial charge in [0.05, 0.1) is 0 Å². The van der Waals surface area contributed by atoms with Crippen LogP contribution in [-0.2, 0) is 10.5 Å². The summed E-state index contributed by atoms with van der Waals surface area (Å²) in [5.74, 6) is 3.01. The summed E-state index contributed by atoms with van der Waals surface area (Å²) in [4.78, 5) is 11.6. The molecule has 0 fully saturated rings. The first kappa shape index (κ1) is 17.4. The molecule has 1 rings (SSSR count). The second kappa shape index (κ2) is 9.35. The number of rotatable bonds is 8. The number of thioether (sulfide) groups is 2. The highest BCUT2D eigenvalue weighted by Crippen LogP contribution is 2.22. The molecule has 0 aliphatic rings. The minimum absolute atomic E-state index is 0.167. The lowest BCUT2D eigenvalue weighted by atomic mass is 10.2. The third kappa shape index (κ3) is 9.32. The molecule has 0 aromatic heterocycles. The summed E-state index contributed by atoms with van der Waals surface area (Å²) in [5, 5.41) is 2.98. The Kier molecular flexibility index (Phi) is 8.15. The average Bonchev–Trinajstić information content (AvgIpc) is 2.40. The lowest BCUT2D eigenvalue weighted by Crippen LogP contribution is -2.27. The lowest BCUT2D eigenvalue weighted by molar-refractivity contribution is -0.120. The van der Waals surface area contributed by atoms with E-state index in [4.69, 9.17) is 0 Å². The topological polar surface area (TPSA) is 29.1 Å². The highest BCUT2D eigenvalue weighted by Gasteiger charge is 2.09. The van der Waals surface area contributed by atoms with Crippen molar-refractivity contribution in [2.75, 3.05) is 18.1 Å². The molecule has 1 amide bonds. The maximum atomic E-state index is 11.6. The Morgan fingerprint density at radius 1 is 1.15 bits per heavy atom. The number of amides is 1. The minimum atomic E-state index is 0.167. The Labute approximate surface area is 131 Å². The van der Waals surface area contributed by atoms with Gasteiger partial charge in [-0.15, -0.1) is 0 Å². The van der Waals surface area contributed by atoms with Crippen LogP contribution < -0.4 is 5.32 Å². The summed E-state index contributed by atoms with van der Waals surface area (Å²) < 4.78 is 0.274. The molecule has 0 saturated heterocycles. The van der Waals surface area contributed by atoms with Gasteiger partial charge in [0.2, 0.25) is 5.91 Å². The van der Waals surface area contributed by atoms with Crippen LogP contribution in [0.1, 0.15) is 32.8 Å². The molecule has 0 bridgehead atoms. The van der Waals surface area contributed by atoms with E-state index in [0.717, 1.165) is 23.8 Å². The van der Waals surface area contributed by atoms with E-state index >= 15 is 0 Å². The van der Waals surface area contributed by atoms with Gasteiger partial charge >= 0.3 is 0 Å². The zero-order valence-corrected chi connectivity index (χ0v) is 14.3. The van der Waals surface area contributed by atoms with Crippen LogP contribution in [0.15, 0.2) is 30.3 Å². The second-order valence-electron chi connectivity index (χ2n) is 5.60. The van der Waals surface area contributed by atoms with Crippen LogP contribution in [0.2, 0.25) is 0 Å². The molecule has 0 heterocycles. The van der Waals surface area contributed by atoms with Crippen LogP contribution >= 0.6 is 23.5 Å². The number of carbonyl (C=O) groups excluding carboxylic acids is 1. The Bertz CT molecular complexity index is 387. The summed E-state index contributed by atoms with van der Waals surface area (Å²) in [6.07, 6.45) is 0.609. The van der Waals surface area contributed by atoms with E-state index in [9.17, 15) is 4.79 Å². The fourth-order valence-corrected chi connectivity index (χ4v) is 3.28. The van der Waals surface area contributed by atoms with Gasteiger partial charge in [0, 0.05) is 35.0 Å². The first-order valence-electron chi connectivity index (χ1n) is 7.00. The molecule has 4 heteroatoms. The summed E-state index contributed by atoms with van der Waals surface area (Å²) in [7, 11) is 0. The molecule has 0 aliphatic carbocycles. The van der Waals surface area contributed by atoms with Crippen molar-refractivity contribution in [2.45, 2.75) is 37.7 Å². The molecule has 0 unspecified atom stereocenters. The standard InChI is InChI=1S/C16H25NOS2/c1-16(2,3)20-12-10-17-15(18)9-11-19-13-14-7-5-4-6-8-14/h4-8H,9-13H2,1-3H3,(H,17,18). The van der Waals surface area contributed by atoms with Crippen LogP contribution in [-0.4, -0.2) is 28.7 Å². The molecular formula is C16H25NOS2. The molecule has 0 aliphatic heterocycles. The summed E-state index contributed by atoms with van der Waals surface area (Å²) in [5.41, 5.74) is 1.32. The second-order valence-corrected chi connectivity index (χ2v) is 8.63. The normalized spacial score (nSPS) is 11.3. The summed E-state index contributed by atoms with van der Waals surface area (Å²) in [6, 6.07) is 10.4. The monoisotopic (exact) mass is 311 g/mol. The van der Waals surface area contributed by atoms with E-state index in [2.05, 4.69) is 50.4 Å². The van der Waals surface area contributed by atoms with Crippen molar-refractivity contribution in [3.63, 3.8) is 0 Å². The summed E-state index contributed by atoms with van der Waals surface area (Å²) in [6.45, 7) is 7.35. The molecular weight excluding hydrogens is 286 g/mol. The van der Waals surface area contributed by atoms with Crippen molar-refractivity contribution in [3.05, 3.63) is 35.9 Å². The fourth-order valence-electron chi connectivity index (χ4n) is 1.57. The van der Waals surface area contributed by atoms with Crippen molar-refractivity contribution in [2.24, 2.45) is 0 Å². The molecule has 2 nitrogen and oxygen atoms in total. The van der Waals surface area contributed by atoms with E-state index < -0.39 is 0 Å². The Morgan fingerprint density at radius 3 is 2.50 bits per heavy atom. The first-order valence-corrected chi connectivity index (χ1v) is 9.14. The van der Waals surface area contributed by atoms with E-state index in [-0.39, 0.29) is 10.7 Å². The van der Waals surface area contributed by atoms with Crippen molar-refractivity contribution >= 4 is 29.4 Å². The van der Waals surface area contributed by atoms with Gasteiger partial charge in [0.15, 0.2) is 0 Å². The lowest BCUT2D eigenvalue weighted by Gasteiger charge is -2.17. The molecule has 0 atom stereocenters. The quantitative estimate of drug-likeness (QED) is 0.737. The highest BCUT2D eigenvalue weighted by molar-refractivity contribution is 8.00. The molecule has 1 N–H and O–H groups in total. The minimum Gasteiger partial charge on any atom is -0.355 e. The van der Waals surface area contributed by atoms with Crippen LogP contribution in [0.5, 0.6) is 0 Å². The van der Waals surface area contributed by atoms with E-state index in [1.54, 1.807) is 0 Å². The predicted octanol–water partition coefficient (Wildman–Crippen LogP) is 3.96. The van der Waals surface area contributed by atoms with Crippen molar-refractivity contribution in [1.82, 2.24) is 5.32 Å². The Balaban J connectivity index is 2.00. The van der Waals surface area contributed by atoms with E-state index in [0.29, 0.717) is 6.42 Å². The zero-order chi connectivity index (χ0) is 14.8. The number of hydrogen-bond donors (Lipinski definition) is 1. The number of nitrogens with one attached hydrogen (secondary N) is 1. The van der Waals surface area contributed by atoms with Crippen molar-refractivity contribution < 1.29 is 4.79 Å². The molecule has 1 aromatic rings. The fraction of sp³-hybridized carbons (Fsp3) is 0.562. The highest BCUT2D eigenvalue weighted by atomic mass is 32.2. The number of benzene rings is 1. The van der Waals surface area contributed by atoms with Crippen LogP contribution in [0.25, 0.3) is 0 Å². The SMILES string of the molecule is CC(C)(C)SCCNC(=O)CCSCc1ccccc1. The molecule has 112 valence electrons. The van der Waals surface area contributed by atoms with E-state index in [1.807, 2.05) is 29.6 Å². The third-order valence-corrected chi connectivity index (χ3v) is 4.85. The Hall–Kier alpha value is -0.610. The molecule has 1 aromatic carbocycles. The van der Waals surface area contributed by atoms with Crippen LogP contribution in [0.3, 0.4) is 0 Å². The number of hydrogen-bond acceptors (Lipinski definition) is 3. The number of carbonyl (C=O) groups is 1. The molecule has 20 heavy (non-hydrogen) atoms. The van der Waals surface area contributed by atoms with Gasteiger partial charge in [0.25, 0.3) is 0 Å². The van der Waals surface area contributed by atoms with Gasteiger partial charge in [-0.05, 0) is 5.56 Å². The molecule has 0 saturated carbocycles. The van der Waals surface area contributed by atoms with Gasteiger partial charge in [-0.1, -0.05) is 51.1 Å². The van der Waals surface area contributed by atoms with Gasteiger partial charge in [0.1, 0.15) is 0 Å². The van der Waals surface area contributed by atoms with Gasteiger partial charge < -0.3 is 5.32 Å². The predicted molar refractivity (Wildman–Crippen MR) is 92.4 cm³/mol. The van der Waals surface area contributed by atoms with Gasteiger partial charge in [-0.25, -0.2) is 0 Å². The largest absolute Gasteiger partial charge is 0.355 e. The van der Waals surface area contributed by atoms with E-state index in [1.165, 1.54) is 5.56 Å². The maximum Gasteiger partial charge on any atom is 0.220 e. The molecule has 0 radical (unpaired) electrons. The van der Waals surface area contributed by atoms with Gasteiger partial charge in [-0.2, -0.15) is 23.5 Å². The van der Waals surface area contributed by atoms with Crippen LogP contribution in [0.4, 0.5) is 0 Å². The summed E-state index contributed by atoms with van der Waals surface area (Å²) >= 11 is 3.69. The smallest absolute Gasteiger partial charge is 0.220 e. The van der Waals surface area contributed by atoms with Gasteiger partial charge in [-0.3, -0.25) is 4.79 Å². The van der Waals surface area contributed by atoms with Crippen molar-refractivity contribution in [1.29, 1.82) is 0 Å².